The number of fused-ring (bicyclic) bond motifs is 1. The van der Waals surface area contributed by atoms with E-state index in [0.717, 1.165) is 5.56 Å². The van der Waals surface area contributed by atoms with E-state index < -0.39 is 0 Å². The maximum atomic E-state index is 6.03. The second-order valence-electron chi connectivity index (χ2n) is 4.43. The first kappa shape index (κ1) is 14.1. The lowest BCUT2D eigenvalue weighted by Gasteiger charge is -2.07. The zero-order chi connectivity index (χ0) is 14.8. The van der Waals surface area contributed by atoms with E-state index in [0.29, 0.717) is 34.4 Å². The van der Waals surface area contributed by atoms with E-state index in [1.807, 2.05) is 28.8 Å². The fraction of sp³-hybridized carbons (Fsp3) is 0.214. The van der Waals surface area contributed by atoms with Gasteiger partial charge < -0.3 is 9.30 Å². The average molecular weight is 323 g/mol. The smallest absolute Gasteiger partial charge is 0.245 e. The molecule has 0 saturated carbocycles. The second kappa shape index (κ2) is 5.87. The van der Waals surface area contributed by atoms with Crippen LogP contribution in [-0.4, -0.2) is 26.6 Å². The molecule has 0 N–H and O–H groups in total. The quantitative estimate of drug-likeness (QED) is 0.692. The van der Waals surface area contributed by atoms with Crippen LogP contribution in [0.1, 0.15) is 11.4 Å². The number of halogens is 2. The van der Waals surface area contributed by atoms with Crippen molar-refractivity contribution in [3.8, 4) is 5.88 Å². The molecule has 0 saturated heterocycles. The van der Waals surface area contributed by atoms with Crippen molar-refractivity contribution in [3.63, 3.8) is 0 Å². The van der Waals surface area contributed by atoms with Crippen LogP contribution >= 0.6 is 23.2 Å². The highest BCUT2D eigenvalue weighted by Gasteiger charge is 2.16. The lowest BCUT2D eigenvalue weighted by atomic mass is 10.2. The third-order valence-corrected chi connectivity index (χ3v) is 3.59. The van der Waals surface area contributed by atoms with Crippen molar-refractivity contribution in [1.29, 1.82) is 0 Å². The summed E-state index contributed by atoms with van der Waals surface area (Å²) in [6.45, 7) is 0.583. The van der Waals surface area contributed by atoms with Crippen LogP contribution < -0.4 is 4.74 Å². The van der Waals surface area contributed by atoms with Gasteiger partial charge in [0.2, 0.25) is 5.88 Å². The van der Waals surface area contributed by atoms with Crippen LogP contribution in [0.15, 0.2) is 30.6 Å². The fourth-order valence-electron chi connectivity index (χ4n) is 2.20. The monoisotopic (exact) mass is 322 g/mol. The molecule has 0 spiro atoms. The zero-order valence-electron chi connectivity index (χ0n) is 11.3. The van der Waals surface area contributed by atoms with Crippen LogP contribution in [0.2, 0.25) is 5.02 Å². The first-order valence-corrected chi connectivity index (χ1v) is 7.18. The highest BCUT2D eigenvalue weighted by molar-refractivity contribution is 6.30. The maximum Gasteiger partial charge on any atom is 0.245 e. The summed E-state index contributed by atoms with van der Waals surface area (Å²) in [6, 6.07) is 7.65. The number of nitrogens with zero attached hydrogens (tertiary/aromatic N) is 4. The first-order valence-electron chi connectivity index (χ1n) is 6.27. The molecule has 0 aliphatic carbocycles. The molecule has 0 bridgehead atoms. The molecule has 0 unspecified atom stereocenters. The Balaban J connectivity index is 2.12. The third kappa shape index (κ3) is 2.66. The first-order chi connectivity index (χ1) is 10.2. The zero-order valence-corrected chi connectivity index (χ0v) is 12.8. The summed E-state index contributed by atoms with van der Waals surface area (Å²) in [5.74, 6) is 1.43. The van der Waals surface area contributed by atoms with Gasteiger partial charge in [0.05, 0.1) is 19.5 Å². The number of imidazole rings is 1. The number of ether oxygens (including phenoxy) is 1. The van der Waals surface area contributed by atoms with E-state index in [9.17, 15) is 0 Å². The number of hydrogen-bond acceptors (Lipinski definition) is 4. The highest BCUT2D eigenvalue weighted by Crippen LogP contribution is 2.24. The minimum atomic E-state index is 0.278. The molecule has 0 aliphatic rings. The number of aromatic nitrogens is 4. The van der Waals surface area contributed by atoms with Gasteiger partial charge in [0.25, 0.3) is 0 Å². The molecule has 0 aliphatic heterocycles. The molecular formula is C14H12Cl2N4O. The van der Waals surface area contributed by atoms with E-state index in [4.69, 9.17) is 27.9 Å². The predicted molar refractivity (Wildman–Crippen MR) is 82.0 cm³/mol. The van der Waals surface area contributed by atoms with Gasteiger partial charge in [-0.05, 0) is 17.7 Å². The Hall–Kier alpha value is -1.85. The Morgan fingerprint density at radius 2 is 2.14 bits per heavy atom. The molecule has 0 radical (unpaired) electrons. The van der Waals surface area contributed by atoms with E-state index in [1.165, 1.54) is 6.33 Å². The third-order valence-electron chi connectivity index (χ3n) is 3.12. The molecule has 21 heavy (non-hydrogen) atoms. The molecule has 2 heterocycles. The lowest BCUT2D eigenvalue weighted by Crippen LogP contribution is -2.04. The van der Waals surface area contributed by atoms with Crippen molar-refractivity contribution in [2.45, 2.75) is 12.4 Å². The van der Waals surface area contributed by atoms with Gasteiger partial charge in [-0.25, -0.2) is 9.97 Å². The van der Waals surface area contributed by atoms with Gasteiger partial charge in [-0.3, -0.25) is 0 Å². The Morgan fingerprint density at radius 3 is 2.86 bits per heavy atom. The Bertz CT molecular complexity index is 788. The van der Waals surface area contributed by atoms with E-state index in [-0.39, 0.29) is 5.88 Å². The summed E-state index contributed by atoms with van der Waals surface area (Å²) in [4.78, 5) is 12.8. The Morgan fingerprint density at radius 1 is 1.29 bits per heavy atom. The van der Waals surface area contributed by atoms with E-state index in [2.05, 4.69) is 15.0 Å². The maximum absolute atomic E-state index is 6.03. The Kier molecular flexibility index (Phi) is 3.94. The van der Waals surface area contributed by atoms with Gasteiger partial charge in [-0.1, -0.05) is 23.7 Å². The topological polar surface area (TPSA) is 52.8 Å². The van der Waals surface area contributed by atoms with Crippen LogP contribution in [0.25, 0.3) is 11.2 Å². The molecule has 3 aromatic rings. The minimum absolute atomic E-state index is 0.278. The molecule has 5 nitrogen and oxygen atoms in total. The fourth-order valence-corrected chi connectivity index (χ4v) is 2.61. The highest BCUT2D eigenvalue weighted by atomic mass is 35.5. The summed E-state index contributed by atoms with van der Waals surface area (Å²) in [5, 5.41) is 0.691. The summed E-state index contributed by atoms with van der Waals surface area (Å²) in [7, 11) is 1.55. The summed E-state index contributed by atoms with van der Waals surface area (Å²) in [6.07, 6.45) is 1.45. The molecular weight excluding hydrogens is 311 g/mol. The molecule has 1 aromatic carbocycles. The number of methoxy groups -OCH3 is 1. The summed E-state index contributed by atoms with van der Waals surface area (Å²) < 4.78 is 7.16. The average Bonchev–Trinajstić information content (AvgIpc) is 2.85. The largest absolute Gasteiger partial charge is 0.479 e. The predicted octanol–water partition coefficient (Wildman–Crippen LogP) is 3.28. The van der Waals surface area contributed by atoms with Gasteiger partial charge >= 0.3 is 0 Å². The summed E-state index contributed by atoms with van der Waals surface area (Å²) in [5.41, 5.74) is 2.35. The standard InChI is InChI=1S/C14H12Cl2N4O/c1-21-14-12-13(17-8-18-14)20(11(6-15)19-12)7-9-3-2-4-10(16)5-9/h2-5,8H,6-7H2,1H3. The van der Waals surface area contributed by atoms with Crippen LogP contribution in [-0.2, 0) is 12.4 Å². The molecule has 0 amide bonds. The van der Waals surface area contributed by atoms with Gasteiger partial charge in [0, 0.05) is 5.02 Å². The number of rotatable bonds is 4. The van der Waals surface area contributed by atoms with Crippen molar-refractivity contribution in [2.24, 2.45) is 0 Å². The molecule has 0 atom stereocenters. The number of alkyl halides is 1. The van der Waals surface area contributed by atoms with Gasteiger partial charge in [-0.15, -0.1) is 11.6 Å². The number of hydrogen-bond donors (Lipinski definition) is 0. The minimum Gasteiger partial charge on any atom is -0.479 e. The summed E-state index contributed by atoms with van der Waals surface area (Å²) >= 11 is 12.0. The van der Waals surface area contributed by atoms with Crippen LogP contribution in [0.5, 0.6) is 5.88 Å². The van der Waals surface area contributed by atoms with Gasteiger partial charge in [0.15, 0.2) is 11.2 Å². The SMILES string of the molecule is COc1ncnc2c1nc(CCl)n2Cc1cccc(Cl)c1. The molecule has 3 rings (SSSR count). The normalized spacial score (nSPS) is 11.0. The molecule has 2 aromatic heterocycles. The van der Waals surface area contributed by atoms with E-state index >= 15 is 0 Å². The van der Waals surface area contributed by atoms with Crippen molar-refractivity contribution in [1.82, 2.24) is 19.5 Å². The molecule has 108 valence electrons. The van der Waals surface area contributed by atoms with Gasteiger partial charge in [0.1, 0.15) is 12.2 Å². The molecule has 0 fully saturated rings. The van der Waals surface area contributed by atoms with Crippen molar-refractivity contribution < 1.29 is 4.74 Å². The lowest BCUT2D eigenvalue weighted by molar-refractivity contribution is 0.401. The second-order valence-corrected chi connectivity index (χ2v) is 5.14. The van der Waals surface area contributed by atoms with E-state index in [1.54, 1.807) is 7.11 Å². The van der Waals surface area contributed by atoms with Crippen LogP contribution in [0.4, 0.5) is 0 Å². The van der Waals surface area contributed by atoms with Crippen molar-refractivity contribution >= 4 is 34.4 Å². The Labute approximate surface area is 131 Å². The number of benzene rings is 1. The van der Waals surface area contributed by atoms with Crippen LogP contribution in [0.3, 0.4) is 0 Å². The van der Waals surface area contributed by atoms with Crippen molar-refractivity contribution in [2.75, 3.05) is 7.11 Å². The van der Waals surface area contributed by atoms with Crippen LogP contribution in [0, 0.1) is 0 Å². The van der Waals surface area contributed by atoms with Crippen molar-refractivity contribution in [3.05, 3.63) is 47.0 Å². The molecule has 7 heteroatoms. The van der Waals surface area contributed by atoms with Gasteiger partial charge in [-0.2, -0.15) is 4.98 Å².